The number of hydrogen-bond acceptors (Lipinski definition) is 3. The van der Waals surface area contributed by atoms with Crippen molar-refractivity contribution in [3.05, 3.63) is 23.4 Å². The molecule has 3 heteroatoms. The van der Waals surface area contributed by atoms with Gasteiger partial charge in [-0.15, -0.1) is 0 Å². The lowest BCUT2D eigenvalue weighted by atomic mass is 10.2. The molecule has 0 bridgehead atoms. The van der Waals surface area contributed by atoms with Crippen molar-refractivity contribution in [3.8, 4) is 0 Å². The molecule has 20 heavy (non-hydrogen) atoms. The van der Waals surface area contributed by atoms with Crippen LogP contribution in [0.25, 0.3) is 0 Å². The van der Waals surface area contributed by atoms with Crippen molar-refractivity contribution in [2.45, 2.75) is 58.9 Å². The molecular formula is C17H29N3. The number of aryl methyl sites for hydroxylation is 1. The van der Waals surface area contributed by atoms with Gasteiger partial charge in [-0.1, -0.05) is 26.7 Å². The highest BCUT2D eigenvalue weighted by atomic mass is 15.2. The van der Waals surface area contributed by atoms with Crippen LogP contribution in [0.3, 0.4) is 0 Å². The molecule has 2 heterocycles. The largest absolute Gasteiger partial charge is 0.357 e. The number of anilines is 1. The van der Waals surface area contributed by atoms with Crippen LogP contribution in [0.2, 0.25) is 0 Å². The summed E-state index contributed by atoms with van der Waals surface area (Å²) in [4.78, 5) is 7.33. The number of pyridine rings is 1. The van der Waals surface area contributed by atoms with Gasteiger partial charge in [-0.2, -0.15) is 0 Å². The van der Waals surface area contributed by atoms with Gasteiger partial charge in [0.15, 0.2) is 0 Å². The average Bonchev–Trinajstić information content (AvgIpc) is 2.76. The zero-order valence-electron chi connectivity index (χ0n) is 13.1. The van der Waals surface area contributed by atoms with Crippen LogP contribution in [-0.4, -0.2) is 24.6 Å². The molecule has 1 fully saturated rings. The van der Waals surface area contributed by atoms with E-state index in [1.165, 1.54) is 62.3 Å². The van der Waals surface area contributed by atoms with Crippen molar-refractivity contribution < 1.29 is 0 Å². The number of nitrogens with one attached hydrogen (secondary N) is 1. The van der Waals surface area contributed by atoms with Gasteiger partial charge in [0, 0.05) is 25.3 Å². The third kappa shape index (κ3) is 4.48. The maximum Gasteiger partial charge on any atom is 0.129 e. The monoisotopic (exact) mass is 275 g/mol. The summed E-state index contributed by atoms with van der Waals surface area (Å²) in [5.41, 5.74) is 2.60. The highest BCUT2D eigenvalue weighted by Gasteiger charge is 2.12. The van der Waals surface area contributed by atoms with Gasteiger partial charge >= 0.3 is 0 Å². The molecule has 0 aliphatic carbocycles. The van der Waals surface area contributed by atoms with Gasteiger partial charge in [-0.05, 0) is 49.9 Å². The molecule has 1 N–H and O–H groups in total. The summed E-state index contributed by atoms with van der Waals surface area (Å²) < 4.78 is 0. The van der Waals surface area contributed by atoms with E-state index in [0.29, 0.717) is 0 Å². The van der Waals surface area contributed by atoms with Crippen LogP contribution >= 0.6 is 0 Å². The molecule has 0 saturated carbocycles. The Morgan fingerprint density at radius 2 is 1.85 bits per heavy atom. The van der Waals surface area contributed by atoms with E-state index in [0.717, 1.165) is 19.5 Å². The van der Waals surface area contributed by atoms with E-state index in [2.05, 4.69) is 36.2 Å². The fourth-order valence-corrected chi connectivity index (χ4v) is 2.79. The molecule has 1 aromatic rings. The Kier molecular flexibility index (Phi) is 6.31. The van der Waals surface area contributed by atoms with Gasteiger partial charge in [-0.25, -0.2) is 4.98 Å². The van der Waals surface area contributed by atoms with E-state index in [1.807, 2.05) is 0 Å². The second kappa shape index (κ2) is 8.25. The summed E-state index contributed by atoms with van der Waals surface area (Å²) in [6.45, 7) is 8.79. The molecule has 112 valence electrons. The lowest BCUT2D eigenvalue weighted by Crippen LogP contribution is -2.25. The predicted octanol–water partition coefficient (Wildman–Crippen LogP) is 3.52. The van der Waals surface area contributed by atoms with Gasteiger partial charge in [0.05, 0.1) is 0 Å². The van der Waals surface area contributed by atoms with E-state index >= 15 is 0 Å². The second-order valence-electron chi connectivity index (χ2n) is 5.76. The number of aromatic nitrogens is 1. The minimum atomic E-state index is 0.962. The van der Waals surface area contributed by atoms with Crippen LogP contribution in [0.5, 0.6) is 0 Å². The molecule has 3 nitrogen and oxygen atoms in total. The Bertz CT molecular complexity index is 395. The molecule has 0 unspecified atom stereocenters. The minimum absolute atomic E-state index is 0.962. The molecule has 2 rings (SSSR count). The first-order chi connectivity index (χ1) is 9.83. The van der Waals surface area contributed by atoms with Crippen molar-refractivity contribution >= 4 is 5.82 Å². The van der Waals surface area contributed by atoms with Crippen LogP contribution in [-0.2, 0) is 13.0 Å². The predicted molar refractivity (Wildman–Crippen MR) is 86.3 cm³/mol. The average molecular weight is 275 g/mol. The Morgan fingerprint density at radius 3 is 2.50 bits per heavy atom. The van der Waals surface area contributed by atoms with E-state index in [4.69, 9.17) is 4.98 Å². The number of nitrogens with zero attached hydrogens (tertiary/aromatic N) is 2. The molecule has 0 spiro atoms. The zero-order valence-corrected chi connectivity index (χ0v) is 13.1. The van der Waals surface area contributed by atoms with Gasteiger partial charge in [-0.3, -0.25) is 0 Å². The van der Waals surface area contributed by atoms with Gasteiger partial charge in [0.1, 0.15) is 5.82 Å². The molecular weight excluding hydrogens is 246 g/mol. The van der Waals surface area contributed by atoms with Crippen LogP contribution in [0, 0.1) is 0 Å². The Morgan fingerprint density at radius 1 is 1.10 bits per heavy atom. The molecule has 0 radical (unpaired) electrons. The van der Waals surface area contributed by atoms with E-state index < -0.39 is 0 Å². The van der Waals surface area contributed by atoms with E-state index in [9.17, 15) is 0 Å². The maximum atomic E-state index is 4.84. The van der Waals surface area contributed by atoms with E-state index in [-0.39, 0.29) is 0 Å². The highest BCUT2D eigenvalue weighted by molar-refractivity contribution is 5.43. The second-order valence-corrected chi connectivity index (χ2v) is 5.76. The third-order valence-electron chi connectivity index (χ3n) is 3.97. The summed E-state index contributed by atoms with van der Waals surface area (Å²) in [7, 11) is 0. The first-order valence-electron chi connectivity index (χ1n) is 8.29. The van der Waals surface area contributed by atoms with Gasteiger partial charge in [0.25, 0.3) is 0 Å². The van der Waals surface area contributed by atoms with Crippen LogP contribution in [0.1, 0.15) is 57.2 Å². The van der Waals surface area contributed by atoms with Crippen LogP contribution < -0.4 is 10.2 Å². The summed E-state index contributed by atoms with van der Waals surface area (Å²) in [6, 6.07) is 4.54. The smallest absolute Gasteiger partial charge is 0.129 e. The lowest BCUT2D eigenvalue weighted by molar-refractivity contribution is 0.673. The fourth-order valence-electron chi connectivity index (χ4n) is 2.79. The standard InChI is InChI=1S/C17H29N3/c1-3-9-18-14-15-12-16(4-2)19-17(13-15)20-10-7-5-6-8-11-20/h12-13,18H,3-11,14H2,1-2H3. The van der Waals surface area contributed by atoms with Crippen molar-refractivity contribution in [2.24, 2.45) is 0 Å². The first-order valence-corrected chi connectivity index (χ1v) is 8.29. The first kappa shape index (κ1) is 15.3. The zero-order chi connectivity index (χ0) is 14.2. The molecule has 1 aliphatic heterocycles. The number of hydrogen-bond donors (Lipinski definition) is 1. The van der Waals surface area contributed by atoms with Gasteiger partial charge < -0.3 is 10.2 Å². The topological polar surface area (TPSA) is 28.2 Å². The Hall–Kier alpha value is -1.09. The van der Waals surface area contributed by atoms with Crippen molar-refractivity contribution in [3.63, 3.8) is 0 Å². The summed E-state index contributed by atoms with van der Waals surface area (Å²) >= 11 is 0. The highest BCUT2D eigenvalue weighted by Crippen LogP contribution is 2.20. The van der Waals surface area contributed by atoms with Gasteiger partial charge in [0.2, 0.25) is 0 Å². The maximum absolute atomic E-state index is 4.84. The van der Waals surface area contributed by atoms with Crippen LogP contribution in [0.4, 0.5) is 5.82 Å². The normalized spacial score (nSPS) is 16.2. The van der Waals surface area contributed by atoms with E-state index in [1.54, 1.807) is 0 Å². The summed E-state index contributed by atoms with van der Waals surface area (Å²) in [6.07, 6.45) is 7.56. The van der Waals surface area contributed by atoms with Crippen molar-refractivity contribution in [1.82, 2.24) is 10.3 Å². The molecule has 0 atom stereocenters. The quantitative estimate of drug-likeness (QED) is 0.805. The summed E-state index contributed by atoms with van der Waals surface area (Å²) in [5, 5.41) is 3.50. The fraction of sp³-hybridized carbons (Fsp3) is 0.706. The summed E-state index contributed by atoms with van der Waals surface area (Å²) in [5.74, 6) is 1.19. The minimum Gasteiger partial charge on any atom is -0.357 e. The SMILES string of the molecule is CCCNCc1cc(CC)nc(N2CCCCCC2)c1. The lowest BCUT2D eigenvalue weighted by Gasteiger charge is -2.23. The molecule has 1 aromatic heterocycles. The van der Waals surface area contributed by atoms with Crippen molar-refractivity contribution in [1.29, 1.82) is 0 Å². The molecule has 0 amide bonds. The molecule has 1 aliphatic rings. The number of rotatable bonds is 6. The van der Waals surface area contributed by atoms with Crippen LogP contribution in [0.15, 0.2) is 12.1 Å². The molecule has 1 saturated heterocycles. The Labute approximate surface area is 123 Å². The van der Waals surface area contributed by atoms with Crippen molar-refractivity contribution in [2.75, 3.05) is 24.5 Å². The Balaban J connectivity index is 2.11. The third-order valence-corrected chi connectivity index (χ3v) is 3.97. The molecule has 0 aromatic carbocycles.